The molecule has 3 N–H and O–H groups in total. The number of rotatable bonds is 14. The number of hydrogen-bond donors (Lipinski definition) is 3. The fourth-order valence-electron chi connectivity index (χ4n) is 11.8. The van der Waals surface area contributed by atoms with Crippen LogP contribution in [-0.2, 0) is 29.6 Å². The third-order valence-electron chi connectivity index (χ3n) is 16.1. The van der Waals surface area contributed by atoms with Crippen LogP contribution >= 0.6 is 11.3 Å². The molecule has 382 valence electrons. The first kappa shape index (κ1) is 49.1. The summed E-state index contributed by atoms with van der Waals surface area (Å²) >= 11 is 1.44. The van der Waals surface area contributed by atoms with Crippen molar-refractivity contribution in [2.75, 3.05) is 47.8 Å². The standard InChI is InChI=1S/C58H63N9O6S/c1-35(65-29-31-66(32-30-65)39-19-22-44-48(33-39)64(3)63-53(44)45-24-26-52(68)61-56(45)70)9-6-10-37-17-20-40(21-18-37)73-49-15-8-12-41(36(49)2)42-23-25-51(60-54(42)57(71)72)67-28-27-38-11-7-13-43(46(38)34-67)55(69)62-58-59-47-14-4-5-16-50(47)74-58/h4-5,7-8,11-16,19,22-23,25,33,35,37,40,45H,6,9-10,17-18,20-21,24,26-32,34H2,1-3H3,(H,71,72)(H,59,62,69)(H,61,68,70)/t35-,37-,40-,45?/m1/s1. The van der Waals surface area contributed by atoms with Crippen LogP contribution < -0.4 is 25.2 Å². The van der Waals surface area contributed by atoms with Gasteiger partial charge in [-0.2, -0.15) is 5.10 Å². The van der Waals surface area contributed by atoms with E-state index in [1.807, 2.05) is 85.4 Å². The first-order valence-corrected chi connectivity index (χ1v) is 27.1. The molecule has 11 rings (SSSR count). The fourth-order valence-corrected chi connectivity index (χ4v) is 12.7. The molecule has 2 atom stereocenters. The van der Waals surface area contributed by atoms with E-state index in [9.17, 15) is 24.3 Å². The summed E-state index contributed by atoms with van der Waals surface area (Å²) < 4.78 is 9.56. The summed E-state index contributed by atoms with van der Waals surface area (Å²) in [5.74, 6) is -0.191. The van der Waals surface area contributed by atoms with Crippen molar-refractivity contribution in [3.05, 3.63) is 125 Å². The molecule has 2 saturated heterocycles. The minimum atomic E-state index is -1.10. The van der Waals surface area contributed by atoms with Gasteiger partial charge in [0.25, 0.3) is 5.91 Å². The van der Waals surface area contributed by atoms with Gasteiger partial charge in [-0.1, -0.05) is 60.6 Å². The average Bonchev–Trinajstić information content (AvgIpc) is 3.98. The second-order valence-corrected chi connectivity index (χ2v) is 21.7. The van der Waals surface area contributed by atoms with E-state index in [1.54, 1.807) is 0 Å². The molecule has 0 bridgehead atoms. The summed E-state index contributed by atoms with van der Waals surface area (Å²) in [4.78, 5) is 67.4. The number of nitrogens with zero attached hydrogens (tertiary/aromatic N) is 7. The number of anilines is 3. The average molecular weight is 1010 g/mol. The maximum Gasteiger partial charge on any atom is 0.355 e. The van der Waals surface area contributed by atoms with Crippen molar-refractivity contribution < 1.29 is 29.0 Å². The SMILES string of the molecule is Cc1c(O[C@H]2CC[C@H](CCC[C@@H](C)N3CCN(c4ccc5c(C6CCC(=O)NC6=O)nn(C)c5c4)CC3)CC2)cccc1-c1ccc(N2CCc3cccc(C(=O)Nc4nc5ccccc5s4)c3C2)nc1C(=O)O. The number of amides is 3. The predicted molar refractivity (Wildman–Crippen MR) is 289 cm³/mol. The number of nitrogens with one attached hydrogen (secondary N) is 2. The van der Waals surface area contributed by atoms with Crippen molar-refractivity contribution in [3.8, 4) is 16.9 Å². The van der Waals surface area contributed by atoms with E-state index in [0.717, 1.165) is 107 Å². The van der Waals surface area contributed by atoms with E-state index < -0.39 is 11.9 Å². The maximum atomic E-state index is 13.7. The Morgan fingerprint density at radius 1 is 0.865 bits per heavy atom. The van der Waals surface area contributed by atoms with Crippen LogP contribution in [0.25, 0.3) is 32.2 Å². The number of fused-ring (bicyclic) bond motifs is 3. The van der Waals surface area contributed by atoms with E-state index in [0.29, 0.717) is 66.4 Å². The topological polar surface area (TPSA) is 175 Å². The summed E-state index contributed by atoms with van der Waals surface area (Å²) in [6, 6.07) is 30.2. The van der Waals surface area contributed by atoms with Crippen LogP contribution in [0.2, 0.25) is 0 Å². The maximum absolute atomic E-state index is 13.7. The van der Waals surface area contributed by atoms with E-state index in [-0.39, 0.29) is 29.5 Å². The Hall–Kier alpha value is -7.17. The Morgan fingerprint density at radius 3 is 2.47 bits per heavy atom. The lowest BCUT2D eigenvalue weighted by molar-refractivity contribution is -0.134. The van der Waals surface area contributed by atoms with Crippen LogP contribution in [0.1, 0.15) is 114 Å². The van der Waals surface area contributed by atoms with Crippen molar-refractivity contribution in [3.63, 3.8) is 0 Å². The van der Waals surface area contributed by atoms with E-state index in [4.69, 9.17) is 14.8 Å². The molecular formula is C58H63N9O6S. The Kier molecular flexibility index (Phi) is 13.9. The summed E-state index contributed by atoms with van der Waals surface area (Å²) in [6.07, 6.45) is 9.50. The molecule has 3 fully saturated rings. The lowest BCUT2D eigenvalue weighted by atomic mass is 9.84. The molecule has 7 aromatic rings. The van der Waals surface area contributed by atoms with E-state index in [2.05, 4.69) is 61.5 Å². The van der Waals surface area contributed by atoms with E-state index in [1.165, 1.54) is 36.3 Å². The Balaban J connectivity index is 0.656. The highest BCUT2D eigenvalue weighted by Crippen LogP contribution is 2.38. The zero-order valence-corrected chi connectivity index (χ0v) is 43.1. The normalized spacial score (nSPS) is 19.9. The molecule has 16 heteroatoms. The molecule has 0 radical (unpaired) electrons. The van der Waals surface area contributed by atoms with Gasteiger partial charge in [0.1, 0.15) is 11.6 Å². The highest BCUT2D eigenvalue weighted by molar-refractivity contribution is 7.22. The third kappa shape index (κ3) is 10.1. The van der Waals surface area contributed by atoms with Crippen molar-refractivity contribution in [2.24, 2.45) is 13.0 Å². The molecule has 0 spiro atoms. The number of carbonyl (C=O) groups excluding carboxylic acids is 3. The van der Waals surface area contributed by atoms with Gasteiger partial charge in [0, 0.05) is 81.0 Å². The third-order valence-corrected chi connectivity index (χ3v) is 17.0. The number of benzene rings is 4. The number of carboxylic acids is 1. The number of piperidine rings is 1. The van der Waals surface area contributed by atoms with E-state index >= 15 is 0 Å². The molecule has 3 aliphatic heterocycles. The van der Waals surface area contributed by atoms with Gasteiger partial charge in [-0.25, -0.2) is 14.8 Å². The second kappa shape index (κ2) is 21.0. The van der Waals surface area contributed by atoms with Gasteiger partial charge in [-0.05, 0) is 142 Å². The largest absolute Gasteiger partial charge is 0.490 e. The zero-order valence-electron chi connectivity index (χ0n) is 42.3. The fraction of sp³-hybridized carbons (Fsp3) is 0.397. The van der Waals surface area contributed by atoms with Crippen molar-refractivity contribution in [1.82, 2.24) is 30.0 Å². The number of piperazine rings is 1. The predicted octanol–water partition coefficient (Wildman–Crippen LogP) is 9.91. The van der Waals surface area contributed by atoms with Gasteiger partial charge in [-0.15, -0.1) is 0 Å². The van der Waals surface area contributed by atoms with Crippen LogP contribution in [0.4, 0.5) is 16.6 Å². The number of pyridine rings is 1. The van der Waals surface area contributed by atoms with Crippen molar-refractivity contribution in [2.45, 2.75) is 103 Å². The van der Waals surface area contributed by atoms with Gasteiger partial charge in [0.2, 0.25) is 11.8 Å². The molecule has 74 heavy (non-hydrogen) atoms. The molecule has 6 heterocycles. The lowest BCUT2D eigenvalue weighted by Gasteiger charge is -2.39. The van der Waals surface area contributed by atoms with Gasteiger partial charge < -0.3 is 19.6 Å². The first-order chi connectivity index (χ1) is 35.9. The smallest absolute Gasteiger partial charge is 0.355 e. The first-order valence-electron chi connectivity index (χ1n) is 26.3. The number of thiazole rings is 1. The second-order valence-electron chi connectivity index (χ2n) is 20.6. The molecule has 1 aliphatic carbocycles. The van der Waals surface area contributed by atoms with Gasteiger partial charge in [0.15, 0.2) is 10.8 Å². The lowest BCUT2D eigenvalue weighted by Crippen LogP contribution is -2.49. The molecule has 1 unspecified atom stereocenters. The quantitative estimate of drug-likeness (QED) is 0.0881. The molecule has 4 aliphatic rings. The number of ether oxygens (including phenoxy) is 1. The minimum absolute atomic E-state index is 0.0175. The molecular weight excluding hydrogens is 951 g/mol. The number of aromatic nitrogens is 4. The minimum Gasteiger partial charge on any atom is -0.490 e. The van der Waals surface area contributed by atoms with Crippen LogP contribution in [0, 0.1) is 12.8 Å². The summed E-state index contributed by atoms with van der Waals surface area (Å²) in [5, 5.41) is 22.3. The van der Waals surface area contributed by atoms with Crippen LogP contribution in [0.15, 0.2) is 91.0 Å². The summed E-state index contributed by atoms with van der Waals surface area (Å²) in [7, 11) is 1.92. The molecule has 4 aromatic carbocycles. The number of carboxylic acid groups (broad SMARTS) is 1. The molecule has 3 amide bonds. The number of hydrogen-bond acceptors (Lipinski definition) is 12. The number of aromatic carboxylic acids is 1. The van der Waals surface area contributed by atoms with Crippen molar-refractivity contribution in [1.29, 1.82) is 0 Å². The van der Waals surface area contributed by atoms with Crippen LogP contribution in [-0.4, -0.2) is 98.3 Å². The van der Waals surface area contributed by atoms with Crippen LogP contribution in [0.5, 0.6) is 5.75 Å². The van der Waals surface area contributed by atoms with Crippen molar-refractivity contribution >= 4 is 72.8 Å². The van der Waals surface area contributed by atoms with Gasteiger partial charge in [0.05, 0.1) is 33.4 Å². The van der Waals surface area contributed by atoms with Gasteiger partial charge >= 0.3 is 5.97 Å². The Bertz CT molecular complexity index is 3250. The Morgan fingerprint density at radius 2 is 1.68 bits per heavy atom. The summed E-state index contributed by atoms with van der Waals surface area (Å²) in [6.45, 7) is 9.36. The molecule has 3 aromatic heterocycles. The highest BCUT2D eigenvalue weighted by Gasteiger charge is 2.33. The zero-order chi connectivity index (χ0) is 51.0. The van der Waals surface area contributed by atoms with Crippen LogP contribution in [0.3, 0.4) is 0 Å². The summed E-state index contributed by atoms with van der Waals surface area (Å²) in [5.41, 5.74) is 8.52. The number of para-hydroxylation sites is 1. The molecule has 1 saturated carbocycles. The molecule has 15 nitrogen and oxygen atoms in total. The number of carbonyl (C=O) groups is 4. The van der Waals surface area contributed by atoms with Gasteiger partial charge in [-0.3, -0.25) is 34.6 Å². The Labute approximate surface area is 434 Å². The number of aryl methyl sites for hydroxylation is 1. The highest BCUT2D eigenvalue weighted by atomic mass is 32.1. The number of imide groups is 1. The monoisotopic (exact) mass is 1010 g/mol.